The third-order valence-corrected chi connectivity index (χ3v) is 4.72. The lowest BCUT2D eigenvalue weighted by molar-refractivity contribution is 0.0600. The molecule has 2 aromatic carbocycles. The van der Waals surface area contributed by atoms with Gasteiger partial charge in [0, 0.05) is 23.6 Å². The number of nitrogens with zero attached hydrogens (tertiary/aromatic N) is 1. The van der Waals surface area contributed by atoms with Crippen LogP contribution in [0.15, 0.2) is 53.5 Å². The first-order valence-electron chi connectivity index (χ1n) is 10.3. The van der Waals surface area contributed by atoms with Gasteiger partial charge in [-0.05, 0) is 56.7 Å². The summed E-state index contributed by atoms with van der Waals surface area (Å²) in [4.78, 5) is 28.8. The van der Waals surface area contributed by atoms with E-state index in [2.05, 4.69) is 26.5 Å². The summed E-state index contributed by atoms with van der Waals surface area (Å²) < 4.78 is 17.9. The lowest BCUT2D eigenvalue weighted by Crippen LogP contribution is -2.54. The molecule has 2 aromatic rings. The van der Waals surface area contributed by atoms with E-state index < -0.39 is 11.9 Å². The number of carbonyl (C=O) groups excluding carboxylic acids is 2. The van der Waals surface area contributed by atoms with Gasteiger partial charge in [-0.15, -0.1) is 0 Å². The first-order valence-corrected chi connectivity index (χ1v) is 10.3. The Morgan fingerprint density at radius 2 is 1.78 bits per heavy atom. The van der Waals surface area contributed by atoms with Crippen molar-refractivity contribution in [2.45, 2.75) is 44.9 Å². The van der Waals surface area contributed by atoms with E-state index in [1.54, 1.807) is 30.3 Å². The van der Waals surface area contributed by atoms with Crippen molar-refractivity contribution in [3.8, 4) is 0 Å². The Hall–Kier alpha value is -3.30. The number of hydrogen-bond donors (Lipinski definition) is 4. The van der Waals surface area contributed by atoms with Crippen LogP contribution in [0, 0.1) is 5.82 Å². The van der Waals surface area contributed by atoms with E-state index in [1.165, 1.54) is 25.3 Å². The van der Waals surface area contributed by atoms with Gasteiger partial charge in [-0.2, -0.15) is 4.99 Å². The fourth-order valence-electron chi connectivity index (χ4n) is 3.24. The van der Waals surface area contributed by atoms with Crippen LogP contribution in [0.25, 0.3) is 0 Å². The van der Waals surface area contributed by atoms with Gasteiger partial charge in [0.2, 0.25) is 5.96 Å². The molecular weight excluding hydrogens is 413 g/mol. The summed E-state index contributed by atoms with van der Waals surface area (Å²) in [5.74, 6) is -1.02. The SMILES string of the molecule is COC(=O)c1cccc(C(=O)/N=C(\NC2CC(c3ccc(F)cc3)NN2)NC(C)(C)C)c1. The molecule has 170 valence electrons. The molecule has 1 heterocycles. The second-order valence-electron chi connectivity index (χ2n) is 8.54. The van der Waals surface area contributed by atoms with Gasteiger partial charge < -0.3 is 15.4 Å². The maximum atomic E-state index is 13.2. The van der Waals surface area contributed by atoms with Crippen molar-refractivity contribution in [3.63, 3.8) is 0 Å². The molecule has 1 saturated heterocycles. The average molecular weight is 442 g/mol. The van der Waals surface area contributed by atoms with Gasteiger partial charge in [0.25, 0.3) is 5.91 Å². The lowest BCUT2D eigenvalue weighted by atomic mass is 10.0. The summed E-state index contributed by atoms with van der Waals surface area (Å²) >= 11 is 0. The predicted octanol–water partition coefficient (Wildman–Crippen LogP) is 2.65. The van der Waals surface area contributed by atoms with Crippen LogP contribution < -0.4 is 21.5 Å². The van der Waals surface area contributed by atoms with Crippen molar-refractivity contribution in [2.75, 3.05) is 7.11 Å². The Kier molecular flexibility index (Phi) is 7.22. The number of aliphatic imine (C=N–C) groups is 1. The summed E-state index contributed by atoms with van der Waals surface area (Å²) in [6, 6.07) is 12.5. The molecule has 0 spiro atoms. The summed E-state index contributed by atoms with van der Waals surface area (Å²) in [5, 5.41) is 6.42. The highest BCUT2D eigenvalue weighted by Crippen LogP contribution is 2.21. The molecular formula is C23H28FN5O3. The Labute approximate surface area is 186 Å². The number of carbonyl (C=O) groups is 2. The van der Waals surface area contributed by atoms with Crippen LogP contribution in [0.4, 0.5) is 4.39 Å². The zero-order valence-electron chi connectivity index (χ0n) is 18.5. The summed E-state index contributed by atoms with van der Waals surface area (Å²) in [6.07, 6.45) is 0.413. The molecule has 0 bridgehead atoms. The standard InChI is InChI=1S/C23H28FN5O3/c1-23(2,3)27-22(26-20(30)15-6-5-7-16(12-15)21(31)32-4)25-19-13-18(28-29-19)14-8-10-17(24)11-9-14/h5-12,18-19,28-29H,13H2,1-4H3,(H2,25,26,27,30). The fraction of sp³-hybridized carbons (Fsp3) is 0.348. The Bertz CT molecular complexity index is 1000. The molecule has 2 unspecified atom stereocenters. The first-order chi connectivity index (χ1) is 15.1. The highest BCUT2D eigenvalue weighted by molar-refractivity contribution is 6.04. The van der Waals surface area contributed by atoms with Crippen molar-refractivity contribution in [3.05, 3.63) is 71.0 Å². The van der Waals surface area contributed by atoms with Gasteiger partial charge in [0.1, 0.15) is 5.82 Å². The van der Waals surface area contributed by atoms with Crippen LogP contribution in [0.1, 0.15) is 59.5 Å². The third-order valence-electron chi connectivity index (χ3n) is 4.72. The number of esters is 1. The van der Waals surface area contributed by atoms with Crippen LogP contribution in [0.3, 0.4) is 0 Å². The molecule has 1 fully saturated rings. The molecule has 1 aliphatic heterocycles. The van der Waals surface area contributed by atoms with Crippen LogP contribution in [-0.4, -0.2) is 36.7 Å². The second-order valence-corrected chi connectivity index (χ2v) is 8.54. The van der Waals surface area contributed by atoms with E-state index in [0.717, 1.165) is 5.56 Å². The number of benzene rings is 2. The van der Waals surface area contributed by atoms with Crippen molar-refractivity contribution in [2.24, 2.45) is 4.99 Å². The van der Waals surface area contributed by atoms with Crippen molar-refractivity contribution < 1.29 is 18.7 Å². The van der Waals surface area contributed by atoms with E-state index in [4.69, 9.17) is 4.74 Å². The molecule has 4 N–H and O–H groups in total. The highest BCUT2D eigenvalue weighted by atomic mass is 19.1. The molecule has 0 aliphatic carbocycles. The number of guanidine groups is 1. The topological polar surface area (TPSA) is 104 Å². The van der Waals surface area contributed by atoms with E-state index >= 15 is 0 Å². The Morgan fingerprint density at radius 3 is 2.44 bits per heavy atom. The minimum absolute atomic E-state index is 0.0311. The van der Waals surface area contributed by atoms with Gasteiger partial charge in [-0.1, -0.05) is 18.2 Å². The molecule has 8 nitrogen and oxygen atoms in total. The molecule has 9 heteroatoms. The van der Waals surface area contributed by atoms with E-state index in [-0.39, 0.29) is 34.7 Å². The van der Waals surface area contributed by atoms with Crippen molar-refractivity contribution >= 4 is 17.8 Å². The Balaban J connectivity index is 1.75. The molecule has 0 saturated carbocycles. The van der Waals surface area contributed by atoms with Gasteiger partial charge in [0.15, 0.2) is 0 Å². The van der Waals surface area contributed by atoms with Gasteiger partial charge in [-0.3, -0.25) is 4.79 Å². The molecule has 0 radical (unpaired) electrons. The number of amides is 1. The van der Waals surface area contributed by atoms with Gasteiger partial charge in [-0.25, -0.2) is 20.0 Å². The quantitative estimate of drug-likeness (QED) is 0.329. The van der Waals surface area contributed by atoms with Gasteiger partial charge in [0.05, 0.1) is 18.8 Å². The van der Waals surface area contributed by atoms with Crippen LogP contribution in [0.2, 0.25) is 0 Å². The monoisotopic (exact) mass is 441 g/mol. The minimum atomic E-state index is -0.525. The number of halogens is 1. The number of nitrogens with one attached hydrogen (secondary N) is 4. The number of methoxy groups -OCH3 is 1. The maximum absolute atomic E-state index is 13.2. The molecule has 0 aromatic heterocycles. The number of rotatable bonds is 4. The number of hydrogen-bond acceptors (Lipinski definition) is 5. The van der Waals surface area contributed by atoms with Crippen LogP contribution >= 0.6 is 0 Å². The van der Waals surface area contributed by atoms with Crippen molar-refractivity contribution in [1.82, 2.24) is 21.5 Å². The zero-order chi connectivity index (χ0) is 23.3. The second kappa shape index (κ2) is 9.88. The predicted molar refractivity (Wildman–Crippen MR) is 119 cm³/mol. The largest absolute Gasteiger partial charge is 0.465 e. The summed E-state index contributed by atoms with van der Waals surface area (Å²) in [5.41, 5.74) is 7.43. The first kappa shape index (κ1) is 23.4. The molecule has 1 amide bonds. The van der Waals surface area contributed by atoms with E-state index in [0.29, 0.717) is 12.4 Å². The van der Waals surface area contributed by atoms with Crippen molar-refractivity contribution in [1.29, 1.82) is 0 Å². The molecule has 3 rings (SSSR count). The zero-order valence-corrected chi connectivity index (χ0v) is 18.5. The Morgan fingerprint density at radius 1 is 1.09 bits per heavy atom. The number of hydrazine groups is 1. The summed E-state index contributed by atoms with van der Waals surface area (Å²) in [7, 11) is 1.28. The molecule has 1 aliphatic rings. The fourth-order valence-corrected chi connectivity index (χ4v) is 3.24. The van der Waals surface area contributed by atoms with E-state index in [9.17, 15) is 14.0 Å². The molecule has 2 atom stereocenters. The lowest BCUT2D eigenvalue weighted by Gasteiger charge is -2.25. The summed E-state index contributed by atoms with van der Waals surface area (Å²) in [6.45, 7) is 5.86. The van der Waals surface area contributed by atoms with E-state index in [1.807, 2.05) is 20.8 Å². The van der Waals surface area contributed by atoms with Crippen LogP contribution in [-0.2, 0) is 4.74 Å². The minimum Gasteiger partial charge on any atom is -0.465 e. The number of ether oxygens (including phenoxy) is 1. The molecule has 32 heavy (non-hydrogen) atoms. The van der Waals surface area contributed by atoms with Gasteiger partial charge >= 0.3 is 5.97 Å². The van der Waals surface area contributed by atoms with Crippen LogP contribution in [0.5, 0.6) is 0 Å². The maximum Gasteiger partial charge on any atom is 0.337 e. The highest BCUT2D eigenvalue weighted by Gasteiger charge is 2.27. The average Bonchev–Trinajstić information content (AvgIpc) is 3.20. The normalized spacial score (nSPS) is 18.8. The third kappa shape index (κ3) is 6.35. The smallest absolute Gasteiger partial charge is 0.337 e.